The van der Waals surface area contributed by atoms with E-state index in [1.165, 1.54) is 44.2 Å². The van der Waals surface area contributed by atoms with E-state index >= 15 is 0 Å². The van der Waals surface area contributed by atoms with Crippen molar-refractivity contribution >= 4 is 22.2 Å². The summed E-state index contributed by atoms with van der Waals surface area (Å²) >= 11 is 0. The third-order valence-corrected chi connectivity index (χ3v) is 5.98. The van der Waals surface area contributed by atoms with Crippen LogP contribution in [0.4, 0.5) is 8.78 Å². The topological polar surface area (TPSA) is 76.5 Å². The first-order valence-corrected chi connectivity index (χ1v) is 10.3. The molecule has 0 atom stereocenters. The van der Waals surface area contributed by atoms with E-state index in [1.807, 2.05) is 4.57 Å². The second-order valence-corrected chi connectivity index (χ2v) is 7.97. The molecule has 1 N–H and O–H groups in total. The van der Waals surface area contributed by atoms with Crippen LogP contribution in [0.3, 0.4) is 0 Å². The van der Waals surface area contributed by atoms with Gasteiger partial charge in [0, 0.05) is 30.3 Å². The lowest BCUT2D eigenvalue weighted by atomic mass is 9.87. The van der Waals surface area contributed by atoms with Crippen LogP contribution in [-0.4, -0.2) is 24.5 Å². The van der Waals surface area contributed by atoms with Gasteiger partial charge in [-0.25, -0.2) is 23.7 Å². The van der Waals surface area contributed by atoms with Crippen molar-refractivity contribution in [1.82, 2.24) is 24.5 Å². The van der Waals surface area contributed by atoms with Gasteiger partial charge in [0.1, 0.15) is 5.82 Å². The zero-order valence-electron chi connectivity index (χ0n) is 16.4. The molecule has 8 heteroatoms. The highest BCUT2D eigenvalue weighted by Crippen LogP contribution is 2.28. The number of H-pyrrole nitrogens is 1. The Morgan fingerprint density at radius 3 is 2.73 bits per heavy atom. The Labute approximate surface area is 171 Å². The molecule has 3 aromatic heterocycles. The molecular weight excluding hydrogens is 388 g/mol. The molecular formula is C22H21F2N5O. The summed E-state index contributed by atoms with van der Waals surface area (Å²) in [6.45, 7) is 0.280. The lowest BCUT2D eigenvalue weighted by Gasteiger charge is -2.21. The van der Waals surface area contributed by atoms with Crippen LogP contribution in [0.5, 0.6) is 0 Å². The van der Waals surface area contributed by atoms with Crippen LogP contribution < -0.4 is 5.56 Å². The Morgan fingerprint density at radius 2 is 1.90 bits per heavy atom. The van der Waals surface area contributed by atoms with Crippen LogP contribution in [0, 0.1) is 17.6 Å². The zero-order valence-corrected chi connectivity index (χ0v) is 16.4. The summed E-state index contributed by atoms with van der Waals surface area (Å²) in [6.07, 6.45) is 10.1. The molecule has 3 heterocycles. The summed E-state index contributed by atoms with van der Waals surface area (Å²) in [7, 11) is 0. The van der Waals surface area contributed by atoms with Crippen molar-refractivity contribution < 1.29 is 8.78 Å². The number of rotatable bonds is 4. The van der Waals surface area contributed by atoms with Crippen LogP contribution in [0.1, 0.15) is 43.5 Å². The van der Waals surface area contributed by atoms with E-state index in [0.29, 0.717) is 28.2 Å². The van der Waals surface area contributed by atoms with Crippen molar-refractivity contribution in [3.8, 4) is 0 Å². The van der Waals surface area contributed by atoms with Crippen LogP contribution in [0.25, 0.3) is 22.2 Å². The second-order valence-electron chi connectivity index (χ2n) is 7.97. The maximum Gasteiger partial charge on any atom is 0.248 e. The van der Waals surface area contributed by atoms with Gasteiger partial charge in [-0.3, -0.25) is 4.79 Å². The first kappa shape index (κ1) is 18.8. The molecule has 154 valence electrons. The van der Waals surface area contributed by atoms with Gasteiger partial charge in [-0.15, -0.1) is 0 Å². The zero-order chi connectivity index (χ0) is 20.7. The molecule has 0 bridgehead atoms. The van der Waals surface area contributed by atoms with Crippen LogP contribution in [0.15, 0.2) is 35.4 Å². The summed E-state index contributed by atoms with van der Waals surface area (Å²) in [5.41, 5.74) is 1.16. The van der Waals surface area contributed by atoms with E-state index in [4.69, 9.17) is 4.98 Å². The number of halogens is 2. The fraction of sp³-hybridized carbons (Fsp3) is 0.364. The van der Waals surface area contributed by atoms with Crippen molar-refractivity contribution in [3.05, 3.63) is 64.0 Å². The minimum atomic E-state index is -1.05. The van der Waals surface area contributed by atoms with Crippen molar-refractivity contribution in [2.24, 2.45) is 5.92 Å². The maximum absolute atomic E-state index is 14.3. The van der Waals surface area contributed by atoms with Gasteiger partial charge < -0.3 is 9.55 Å². The Kier molecular flexibility index (Phi) is 4.77. The van der Waals surface area contributed by atoms with Crippen LogP contribution >= 0.6 is 0 Å². The van der Waals surface area contributed by atoms with Crippen molar-refractivity contribution in [3.63, 3.8) is 0 Å². The Morgan fingerprint density at radius 1 is 1.10 bits per heavy atom. The van der Waals surface area contributed by atoms with Gasteiger partial charge in [-0.1, -0.05) is 32.1 Å². The largest absolute Gasteiger partial charge is 0.319 e. The molecule has 6 nitrogen and oxygen atoms in total. The third-order valence-electron chi connectivity index (χ3n) is 5.98. The lowest BCUT2D eigenvalue weighted by Crippen LogP contribution is -2.16. The van der Waals surface area contributed by atoms with E-state index < -0.39 is 17.2 Å². The van der Waals surface area contributed by atoms with Gasteiger partial charge in [0.15, 0.2) is 22.9 Å². The van der Waals surface area contributed by atoms with E-state index in [1.54, 1.807) is 12.4 Å². The summed E-state index contributed by atoms with van der Waals surface area (Å²) in [6, 6.07) is 3.99. The van der Waals surface area contributed by atoms with Gasteiger partial charge in [-0.05, 0) is 23.6 Å². The fourth-order valence-corrected chi connectivity index (χ4v) is 4.51. The van der Waals surface area contributed by atoms with E-state index in [2.05, 4.69) is 15.0 Å². The lowest BCUT2D eigenvalue weighted by molar-refractivity contribution is 0.349. The van der Waals surface area contributed by atoms with E-state index in [-0.39, 0.29) is 12.1 Å². The van der Waals surface area contributed by atoms with Gasteiger partial charge in [0.2, 0.25) is 5.56 Å². The molecule has 0 radical (unpaired) electrons. The Bertz CT molecular complexity index is 1290. The number of imidazole rings is 1. The normalized spacial score (nSPS) is 15.3. The van der Waals surface area contributed by atoms with E-state index in [9.17, 15) is 13.6 Å². The molecule has 0 spiro atoms. The average Bonchev–Trinajstić information content (AvgIpc) is 3.09. The molecule has 1 fully saturated rings. The summed E-state index contributed by atoms with van der Waals surface area (Å²) < 4.78 is 29.9. The average molecular weight is 409 g/mol. The number of nitrogens with one attached hydrogen (secondary N) is 1. The molecule has 1 aliphatic rings. The third kappa shape index (κ3) is 3.36. The van der Waals surface area contributed by atoms with Gasteiger partial charge in [-0.2, -0.15) is 0 Å². The molecule has 5 rings (SSSR count). The summed E-state index contributed by atoms with van der Waals surface area (Å²) in [5.74, 6) is -0.632. The predicted molar refractivity (Wildman–Crippen MR) is 109 cm³/mol. The first-order chi connectivity index (χ1) is 14.6. The van der Waals surface area contributed by atoms with Crippen molar-refractivity contribution in [2.45, 2.75) is 45.1 Å². The van der Waals surface area contributed by atoms with Crippen molar-refractivity contribution in [1.29, 1.82) is 0 Å². The number of aromatic amines is 1. The highest BCUT2D eigenvalue weighted by Gasteiger charge is 2.21. The van der Waals surface area contributed by atoms with Crippen LogP contribution in [0.2, 0.25) is 0 Å². The standard InChI is InChI=1S/C22H21F2N5O/c23-16-7-6-15-14(11-18(30)28-20(15)19(16)24)12-29-17(10-13-4-2-1-3-5-13)27-21-22(29)26-9-8-25-21/h6-9,11,13H,1-5,10,12H2,(H,28,30). The Balaban J connectivity index is 1.62. The highest BCUT2D eigenvalue weighted by molar-refractivity contribution is 5.82. The minimum absolute atomic E-state index is 0.123. The number of hydrogen-bond donors (Lipinski definition) is 1. The fourth-order valence-electron chi connectivity index (χ4n) is 4.51. The van der Waals surface area contributed by atoms with Crippen molar-refractivity contribution in [2.75, 3.05) is 0 Å². The number of aromatic nitrogens is 5. The molecule has 0 unspecified atom stereocenters. The molecule has 1 saturated carbocycles. The molecule has 4 aromatic rings. The summed E-state index contributed by atoms with van der Waals surface area (Å²) in [5, 5.41) is 0.461. The monoisotopic (exact) mass is 409 g/mol. The number of benzene rings is 1. The molecule has 1 aromatic carbocycles. The number of hydrogen-bond acceptors (Lipinski definition) is 4. The SMILES string of the molecule is O=c1cc(Cn2c(CC3CCCCC3)nc3nccnc32)c2ccc(F)c(F)c2[nH]1. The number of nitrogens with zero attached hydrogens (tertiary/aromatic N) is 4. The predicted octanol–water partition coefficient (Wildman–Crippen LogP) is 4.12. The highest BCUT2D eigenvalue weighted by atomic mass is 19.2. The van der Waals surface area contributed by atoms with Gasteiger partial charge in [0.05, 0.1) is 12.1 Å². The molecule has 30 heavy (non-hydrogen) atoms. The van der Waals surface area contributed by atoms with Gasteiger partial charge >= 0.3 is 0 Å². The first-order valence-electron chi connectivity index (χ1n) is 10.3. The summed E-state index contributed by atoms with van der Waals surface area (Å²) in [4.78, 5) is 28.1. The maximum atomic E-state index is 14.3. The molecule has 1 aliphatic carbocycles. The van der Waals surface area contributed by atoms with Gasteiger partial charge in [0.25, 0.3) is 0 Å². The second kappa shape index (κ2) is 7.59. The van der Waals surface area contributed by atoms with Crippen LogP contribution in [-0.2, 0) is 13.0 Å². The molecule has 0 amide bonds. The Hall–Kier alpha value is -3.16. The minimum Gasteiger partial charge on any atom is -0.319 e. The number of pyridine rings is 1. The molecule has 0 saturated heterocycles. The smallest absolute Gasteiger partial charge is 0.248 e. The number of fused-ring (bicyclic) bond motifs is 2. The van der Waals surface area contributed by atoms with E-state index in [0.717, 1.165) is 18.3 Å². The molecule has 0 aliphatic heterocycles. The quantitative estimate of drug-likeness (QED) is 0.550.